The van der Waals surface area contributed by atoms with Crippen LogP contribution in [0.4, 0.5) is 23.2 Å². The van der Waals surface area contributed by atoms with Gasteiger partial charge in [-0.15, -0.1) is 0 Å². The van der Waals surface area contributed by atoms with Crippen molar-refractivity contribution in [1.82, 2.24) is 0 Å². The molecule has 0 aliphatic carbocycles. The molecule has 10 heteroatoms. The van der Waals surface area contributed by atoms with Crippen LogP contribution in [0.2, 0.25) is 0 Å². The van der Waals surface area contributed by atoms with E-state index < -0.39 is 30.1 Å². The number of amides is 1. The summed E-state index contributed by atoms with van der Waals surface area (Å²) in [5, 5.41) is 5.17. The number of halogens is 4. The van der Waals surface area contributed by atoms with Crippen molar-refractivity contribution < 1.29 is 36.6 Å². The molecule has 0 bridgehead atoms. The van der Waals surface area contributed by atoms with E-state index in [1.54, 1.807) is 0 Å². The molecule has 2 aliphatic heterocycles. The molecule has 2 aromatic carbocycles. The molecule has 174 valence electrons. The Hall–Kier alpha value is -3.27. The first-order chi connectivity index (χ1) is 15.5. The second-order valence-electron chi connectivity index (χ2n) is 7.99. The fourth-order valence-corrected chi connectivity index (χ4v) is 3.97. The van der Waals surface area contributed by atoms with Crippen molar-refractivity contribution in [2.75, 3.05) is 5.01 Å². The van der Waals surface area contributed by atoms with Crippen molar-refractivity contribution in [3.8, 4) is 5.75 Å². The molecule has 4 rings (SSSR count). The first kappa shape index (κ1) is 22.9. The van der Waals surface area contributed by atoms with E-state index in [0.717, 1.165) is 11.9 Å². The number of fused-ring (bicyclic) bond motifs is 1. The zero-order valence-electron chi connectivity index (χ0n) is 17.8. The van der Waals surface area contributed by atoms with Crippen LogP contribution in [0, 0.1) is 5.92 Å². The highest BCUT2D eigenvalue weighted by Crippen LogP contribution is 2.34. The molecule has 1 amide bonds. The lowest BCUT2D eigenvalue weighted by Gasteiger charge is -2.17. The molecule has 1 atom stereocenters. The topological polar surface area (TPSA) is 68.2 Å². The predicted molar refractivity (Wildman–Crippen MR) is 110 cm³/mol. The van der Waals surface area contributed by atoms with Gasteiger partial charge in [0, 0.05) is 18.9 Å². The quantitative estimate of drug-likeness (QED) is 0.444. The fourth-order valence-electron chi connectivity index (χ4n) is 3.97. The SMILES string of the molecule is CC1=NN(c2ccc(OC(F)F)cc2)C(=O)C1C(=O)Cc1cc(C(C)(F)F)cc2c1COC2. The van der Waals surface area contributed by atoms with Gasteiger partial charge in [0.25, 0.3) is 11.8 Å². The summed E-state index contributed by atoms with van der Waals surface area (Å²) in [6.45, 7) is -0.285. The predicted octanol–water partition coefficient (Wildman–Crippen LogP) is 4.58. The molecule has 0 radical (unpaired) electrons. The molecule has 0 N–H and O–H groups in total. The lowest BCUT2D eigenvalue weighted by Crippen LogP contribution is -2.33. The standard InChI is InChI=1S/C23H20F4N2O4/c1-12-20(21(31)29(28-12)16-3-5-17(6-4-16)33-22(24)25)19(30)9-13-7-15(23(2,26)27)8-14-10-32-11-18(13)14/h3-8,20,22H,9-11H2,1-2H3. The van der Waals surface area contributed by atoms with Crippen LogP contribution in [0.25, 0.3) is 0 Å². The van der Waals surface area contributed by atoms with Gasteiger partial charge in [0.2, 0.25) is 0 Å². The molecule has 2 heterocycles. The number of rotatable bonds is 7. The zero-order valence-corrected chi connectivity index (χ0v) is 17.8. The minimum Gasteiger partial charge on any atom is -0.435 e. The Labute approximate surface area is 186 Å². The van der Waals surface area contributed by atoms with Crippen LogP contribution < -0.4 is 9.75 Å². The largest absolute Gasteiger partial charge is 0.435 e. The summed E-state index contributed by atoms with van der Waals surface area (Å²) in [5.74, 6) is -5.44. The highest BCUT2D eigenvalue weighted by Gasteiger charge is 2.40. The van der Waals surface area contributed by atoms with E-state index in [-0.39, 0.29) is 42.3 Å². The summed E-state index contributed by atoms with van der Waals surface area (Å²) in [4.78, 5) is 26.1. The summed E-state index contributed by atoms with van der Waals surface area (Å²) in [5.41, 5.74) is 2.00. The fraction of sp³-hybridized carbons (Fsp3) is 0.348. The van der Waals surface area contributed by atoms with E-state index in [1.807, 2.05) is 0 Å². The van der Waals surface area contributed by atoms with Crippen LogP contribution in [0.3, 0.4) is 0 Å². The van der Waals surface area contributed by atoms with Gasteiger partial charge in [-0.05, 0) is 60.0 Å². The number of anilines is 1. The number of hydrogen-bond donors (Lipinski definition) is 0. The van der Waals surface area contributed by atoms with E-state index in [2.05, 4.69) is 9.84 Å². The number of ketones is 1. The van der Waals surface area contributed by atoms with E-state index in [9.17, 15) is 27.2 Å². The summed E-state index contributed by atoms with van der Waals surface area (Å²) >= 11 is 0. The number of alkyl halides is 4. The Kier molecular flexibility index (Phi) is 5.96. The second kappa shape index (κ2) is 8.58. The van der Waals surface area contributed by atoms with E-state index >= 15 is 0 Å². The van der Waals surface area contributed by atoms with Crippen molar-refractivity contribution in [3.05, 3.63) is 58.7 Å². The first-order valence-corrected chi connectivity index (χ1v) is 10.1. The summed E-state index contributed by atoms with van der Waals surface area (Å²) in [7, 11) is 0. The normalized spacial score (nSPS) is 18.0. The minimum absolute atomic E-state index is 0.0857. The van der Waals surface area contributed by atoms with E-state index in [0.29, 0.717) is 16.7 Å². The molecule has 0 saturated carbocycles. The second-order valence-corrected chi connectivity index (χ2v) is 7.99. The molecule has 1 unspecified atom stereocenters. The Bertz CT molecular complexity index is 1130. The molecule has 2 aromatic rings. The van der Waals surface area contributed by atoms with Gasteiger partial charge < -0.3 is 9.47 Å². The first-order valence-electron chi connectivity index (χ1n) is 10.1. The number of hydrazone groups is 1. The highest BCUT2D eigenvalue weighted by molar-refractivity contribution is 6.27. The average molecular weight is 464 g/mol. The third-order valence-electron chi connectivity index (χ3n) is 5.57. The molecule has 0 saturated heterocycles. The third-order valence-corrected chi connectivity index (χ3v) is 5.57. The third kappa shape index (κ3) is 4.61. The number of hydrogen-bond acceptors (Lipinski definition) is 5. The number of benzene rings is 2. The molecular weight excluding hydrogens is 444 g/mol. The Morgan fingerprint density at radius 2 is 1.94 bits per heavy atom. The molecule has 6 nitrogen and oxygen atoms in total. The van der Waals surface area contributed by atoms with Crippen LogP contribution in [0.1, 0.15) is 36.1 Å². The molecule has 0 spiro atoms. The zero-order chi connectivity index (χ0) is 23.9. The van der Waals surface area contributed by atoms with Crippen LogP contribution in [-0.2, 0) is 39.9 Å². The van der Waals surface area contributed by atoms with Gasteiger partial charge in [0.15, 0.2) is 5.78 Å². The monoisotopic (exact) mass is 464 g/mol. The van der Waals surface area contributed by atoms with Crippen molar-refractivity contribution in [2.45, 2.75) is 46.0 Å². The number of ether oxygens (including phenoxy) is 2. The van der Waals surface area contributed by atoms with Crippen LogP contribution >= 0.6 is 0 Å². The van der Waals surface area contributed by atoms with Crippen molar-refractivity contribution in [3.63, 3.8) is 0 Å². The lowest BCUT2D eigenvalue weighted by atomic mass is 9.89. The van der Waals surface area contributed by atoms with Crippen molar-refractivity contribution >= 4 is 23.1 Å². The highest BCUT2D eigenvalue weighted by atomic mass is 19.3. The Balaban J connectivity index is 1.55. The Morgan fingerprint density at radius 3 is 2.58 bits per heavy atom. The van der Waals surface area contributed by atoms with Gasteiger partial charge in [-0.1, -0.05) is 0 Å². The molecule has 0 fully saturated rings. The lowest BCUT2D eigenvalue weighted by molar-refractivity contribution is -0.128. The minimum atomic E-state index is -3.09. The molecule has 33 heavy (non-hydrogen) atoms. The number of Topliss-reactive ketones (excluding diaryl/α,β-unsaturated/α-hetero) is 1. The molecular formula is C23H20F4N2O4. The molecule has 0 aromatic heterocycles. The van der Waals surface area contributed by atoms with Crippen LogP contribution in [-0.4, -0.2) is 24.0 Å². The Morgan fingerprint density at radius 1 is 1.24 bits per heavy atom. The van der Waals surface area contributed by atoms with E-state index in [4.69, 9.17) is 4.74 Å². The summed E-state index contributed by atoms with van der Waals surface area (Å²) in [6.07, 6.45) is -0.228. The van der Waals surface area contributed by atoms with Crippen molar-refractivity contribution in [2.24, 2.45) is 11.0 Å². The van der Waals surface area contributed by atoms with Crippen molar-refractivity contribution in [1.29, 1.82) is 0 Å². The summed E-state index contributed by atoms with van der Waals surface area (Å²) < 4.78 is 62.2. The average Bonchev–Trinajstić information content (AvgIpc) is 3.31. The van der Waals surface area contributed by atoms with E-state index in [1.165, 1.54) is 43.3 Å². The van der Waals surface area contributed by atoms with Gasteiger partial charge in [0.05, 0.1) is 24.6 Å². The maximum atomic E-state index is 13.9. The van der Waals surface area contributed by atoms with Crippen LogP contribution in [0.5, 0.6) is 5.75 Å². The number of carbonyl (C=O) groups excluding carboxylic acids is 2. The van der Waals surface area contributed by atoms with Gasteiger partial charge >= 0.3 is 6.61 Å². The molecule has 2 aliphatic rings. The maximum absolute atomic E-state index is 13.9. The number of nitrogens with zero attached hydrogens (tertiary/aromatic N) is 2. The van der Waals surface area contributed by atoms with Gasteiger partial charge in [-0.2, -0.15) is 18.9 Å². The maximum Gasteiger partial charge on any atom is 0.387 e. The number of carbonyl (C=O) groups is 2. The van der Waals surface area contributed by atoms with Gasteiger partial charge in [0.1, 0.15) is 11.7 Å². The summed E-state index contributed by atoms with van der Waals surface area (Å²) in [6, 6.07) is 7.93. The smallest absolute Gasteiger partial charge is 0.387 e. The van der Waals surface area contributed by atoms with Crippen LogP contribution in [0.15, 0.2) is 41.5 Å². The van der Waals surface area contributed by atoms with Gasteiger partial charge in [-0.3, -0.25) is 9.59 Å². The van der Waals surface area contributed by atoms with Gasteiger partial charge in [-0.25, -0.2) is 8.78 Å².